The molecule has 1 aromatic carbocycles. The summed E-state index contributed by atoms with van der Waals surface area (Å²) in [5, 5.41) is 9.80. The topological polar surface area (TPSA) is 49.2 Å². The molecule has 2 saturated carbocycles. The number of hydrogen-bond acceptors (Lipinski definition) is 4. The molecule has 2 unspecified atom stereocenters. The maximum Gasteiger partial charge on any atom is 0.159 e. The van der Waals surface area contributed by atoms with Gasteiger partial charge in [0.05, 0.1) is 6.10 Å². The number of rotatable bonds is 4. The van der Waals surface area contributed by atoms with E-state index in [0.717, 1.165) is 48.2 Å². The molecule has 0 bridgehead atoms. The van der Waals surface area contributed by atoms with Gasteiger partial charge in [-0.2, -0.15) is 0 Å². The van der Waals surface area contributed by atoms with Crippen molar-refractivity contribution in [2.45, 2.75) is 51.3 Å². The highest BCUT2D eigenvalue weighted by atomic mass is 16.3. The monoisotopic (exact) mass is 337 g/mol. The second-order valence-electron chi connectivity index (χ2n) is 7.97. The van der Waals surface area contributed by atoms with Gasteiger partial charge in [-0.15, -0.1) is 0 Å². The molecule has 2 fully saturated rings. The molecule has 0 spiro atoms. The van der Waals surface area contributed by atoms with E-state index in [4.69, 9.17) is 0 Å². The first kappa shape index (κ1) is 16.7. The van der Waals surface area contributed by atoms with Crippen LogP contribution in [0.15, 0.2) is 36.7 Å². The number of nitrogens with zero attached hydrogens (tertiary/aromatic N) is 3. The molecule has 1 aromatic heterocycles. The first-order chi connectivity index (χ1) is 12.1. The lowest BCUT2D eigenvalue weighted by Gasteiger charge is -2.25. The van der Waals surface area contributed by atoms with Gasteiger partial charge in [0, 0.05) is 36.1 Å². The third-order valence-corrected chi connectivity index (χ3v) is 6.00. The minimum atomic E-state index is -0.0520. The number of aliphatic hydroxyl groups is 1. The molecular weight excluding hydrogens is 310 g/mol. The highest BCUT2D eigenvalue weighted by molar-refractivity contribution is 5.55. The van der Waals surface area contributed by atoms with Crippen LogP contribution in [0.4, 0.5) is 0 Å². The highest BCUT2D eigenvalue weighted by Crippen LogP contribution is 2.45. The Bertz CT molecular complexity index is 716. The average molecular weight is 337 g/mol. The van der Waals surface area contributed by atoms with Crippen molar-refractivity contribution in [3.05, 3.63) is 47.8 Å². The number of aliphatic hydroxyl groups excluding tert-OH is 1. The lowest BCUT2D eigenvalue weighted by molar-refractivity contribution is 0.158. The SMILES string of the molecule is Cc1cccc(-c2ncc(CN(C)C3C[C@H]4CC(O)C[C@H]4C3)cn2)c1. The second kappa shape index (κ2) is 6.85. The highest BCUT2D eigenvalue weighted by Gasteiger charge is 2.42. The summed E-state index contributed by atoms with van der Waals surface area (Å²) >= 11 is 0. The molecule has 4 heteroatoms. The maximum atomic E-state index is 9.80. The molecule has 4 atom stereocenters. The molecule has 0 amide bonds. The Morgan fingerprint density at radius 3 is 2.40 bits per heavy atom. The summed E-state index contributed by atoms with van der Waals surface area (Å²) in [5.74, 6) is 2.24. The second-order valence-corrected chi connectivity index (χ2v) is 7.97. The molecule has 2 aromatic rings. The van der Waals surface area contributed by atoms with Gasteiger partial charge in [-0.1, -0.05) is 23.8 Å². The predicted octanol–water partition coefficient (Wildman–Crippen LogP) is 3.43. The molecule has 1 heterocycles. The van der Waals surface area contributed by atoms with Gasteiger partial charge in [0.25, 0.3) is 0 Å². The maximum absolute atomic E-state index is 9.80. The fraction of sp³-hybridized carbons (Fsp3) is 0.524. The van der Waals surface area contributed by atoms with Gasteiger partial charge in [-0.05, 0) is 57.6 Å². The van der Waals surface area contributed by atoms with Crippen molar-refractivity contribution in [3.8, 4) is 11.4 Å². The molecule has 2 aliphatic carbocycles. The zero-order valence-electron chi connectivity index (χ0n) is 15.1. The van der Waals surface area contributed by atoms with Crippen LogP contribution < -0.4 is 0 Å². The van der Waals surface area contributed by atoms with E-state index in [1.165, 1.54) is 18.4 Å². The zero-order valence-corrected chi connectivity index (χ0v) is 15.1. The summed E-state index contributed by atoms with van der Waals surface area (Å²) in [6, 6.07) is 8.93. The number of aromatic nitrogens is 2. The Hall–Kier alpha value is -1.78. The molecule has 0 radical (unpaired) electrons. The van der Waals surface area contributed by atoms with Crippen molar-refractivity contribution in [2.75, 3.05) is 7.05 Å². The van der Waals surface area contributed by atoms with E-state index < -0.39 is 0 Å². The van der Waals surface area contributed by atoms with E-state index in [0.29, 0.717) is 6.04 Å². The molecular formula is C21H27N3O. The summed E-state index contributed by atoms with van der Waals surface area (Å²) in [4.78, 5) is 11.6. The van der Waals surface area contributed by atoms with E-state index in [2.05, 4.69) is 47.0 Å². The summed E-state index contributed by atoms with van der Waals surface area (Å²) in [7, 11) is 2.20. The lowest BCUT2D eigenvalue weighted by Crippen LogP contribution is -2.30. The van der Waals surface area contributed by atoms with Crippen molar-refractivity contribution >= 4 is 0 Å². The van der Waals surface area contributed by atoms with Gasteiger partial charge < -0.3 is 5.11 Å². The molecule has 4 nitrogen and oxygen atoms in total. The molecule has 4 rings (SSSR count). The standard InChI is InChI=1S/C21H27N3O/c1-14-4-3-5-16(6-14)21-22-11-15(12-23-21)13-24(2)19-7-17-9-20(25)10-18(17)8-19/h3-6,11-12,17-20,25H,7-10,13H2,1-2H3/t17-,18+,19?,20?. The Morgan fingerprint density at radius 2 is 1.76 bits per heavy atom. The minimum absolute atomic E-state index is 0.0520. The van der Waals surface area contributed by atoms with Crippen molar-refractivity contribution < 1.29 is 5.11 Å². The smallest absolute Gasteiger partial charge is 0.159 e. The minimum Gasteiger partial charge on any atom is -0.393 e. The fourth-order valence-corrected chi connectivity index (χ4v) is 4.70. The van der Waals surface area contributed by atoms with E-state index in [1.807, 2.05) is 18.5 Å². The van der Waals surface area contributed by atoms with Crippen LogP contribution in [0.5, 0.6) is 0 Å². The van der Waals surface area contributed by atoms with E-state index in [1.54, 1.807) is 0 Å². The van der Waals surface area contributed by atoms with Crippen LogP contribution in [0, 0.1) is 18.8 Å². The van der Waals surface area contributed by atoms with Crippen LogP contribution in [0.2, 0.25) is 0 Å². The van der Waals surface area contributed by atoms with Gasteiger partial charge in [-0.3, -0.25) is 4.90 Å². The Morgan fingerprint density at radius 1 is 1.08 bits per heavy atom. The Balaban J connectivity index is 1.38. The normalized spacial score (nSPS) is 28.5. The lowest BCUT2D eigenvalue weighted by atomic mass is 10.0. The number of fused-ring (bicyclic) bond motifs is 1. The van der Waals surface area contributed by atoms with Gasteiger partial charge >= 0.3 is 0 Å². The van der Waals surface area contributed by atoms with E-state index in [9.17, 15) is 5.11 Å². The summed E-state index contributed by atoms with van der Waals surface area (Å²) in [6.45, 7) is 2.98. The van der Waals surface area contributed by atoms with Crippen LogP contribution >= 0.6 is 0 Å². The van der Waals surface area contributed by atoms with Gasteiger partial charge in [0.15, 0.2) is 5.82 Å². The van der Waals surface area contributed by atoms with Gasteiger partial charge in [0.2, 0.25) is 0 Å². The van der Waals surface area contributed by atoms with Crippen molar-refractivity contribution in [3.63, 3.8) is 0 Å². The molecule has 25 heavy (non-hydrogen) atoms. The van der Waals surface area contributed by atoms with Crippen LogP contribution in [0.3, 0.4) is 0 Å². The van der Waals surface area contributed by atoms with Gasteiger partial charge in [0.1, 0.15) is 0 Å². The molecule has 132 valence electrons. The van der Waals surface area contributed by atoms with Crippen LogP contribution in [-0.2, 0) is 6.54 Å². The summed E-state index contributed by atoms with van der Waals surface area (Å²) in [5.41, 5.74) is 3.46. The van der Waals surface area contributed by atoms with Gasteiger partial charge in [-0.25, -0.2) is 9.97 Å². The van der Waals surface area contributed by atoms with E-state index in [-0.39, 0.29) is 6.10 Å². The third-order valence-electron chi connectivity index (χ3n) is 6.00. The number of benzene rings is 1. The average Bonchev–Trinajstić information content (AvgIpc) is 3.13. The first-order valence-electron chi connectivity index (χ1n) is 9.35. The largest absolute Gasteiger partial charge is 0.393 e. The molecule has 2 aliphatic rings. The van der Waals surface area contributed by atoms with Crippen LogP contribution in [0.25, 0.3) is 11.4 Å². The zero-order chi connectivity index (χ0) is 17.4. The molecule has 0 aliphatic heterocycles. The van der Waals surface area contributed by atoms with E-state index >= 15 is 0 Å². The van der Waals surface area contributed by atoms with Crippen molar-refractivity contribution in [2.24, 2.45) is 11.8 Å². The third kappa shape index (κ3) is 3.60. The Labute approximate surface area is 149 Å². The van der Waals surface area contributed by atoms with Crippen LogP contribution in [0.1, 0.15) is 36.8 Å². The quantitative estimate of drug-likeness (QED) is 0.928. The fourth-order valence-electron chi connectivity index (χ4n) is 4.70. The summed E-state index contributed by atoms with van der Waals surface area (Å²) in [6.07, 6.45) is 8.32. The first-order valence-corrected chi connectivity index (χ1v) is 9.35. The van der Waals surface area contributed by atoms with Crippen LogP contribution in [-0.4, -0.2) is 39.2 Å². The molecule has 0 saturated heterocycles. The summed E-state index contributed by atoms with van der Waals surface area (Å²) < 4.78 is 0. The molecule has 1 N–H and O–H groups in total. The predicted molar refractivity (Wildman–Crippen MR) is 98.9 cm³/mol. The number of aryl methyl sites for hydroxylation is 1. The Kier molecular flexibility index (Phi) is 4.57. The number of hydrogen-bond donors (Lipinski definition) is 1. The van der Waals surface area contributed by atoms with Crippen molar-refractivity contribution in [1.82, 2.24) is 14.9 Å². The van der Waals surface area contributed by atoms with Crippen molar-refractivity contribution in [1.29, 1.82) is 0 Å².